The Morgan fingerprint density at radius 1 is 1.30 bits per heavy atom. The molecular weight excluding hydrogens is 440 g/mol. The summed E-state index contributed by atoms with van der Waals surface area (Å²) in [7, 11) is 1.62. The molecule has 3 heterocycles. The van der Waals surface area contributed by atoms with E-state index in [0.29, 0.717) is 39.3 Å². The van der Waals surface area contributed by atoms with Gasteiger partial charge in [0.05, 0.1) is 24.9 Å². The van der Waals surface area contributed by atoms with Gasteiger partial charge in [0.15, 0.2) is 22.7 Å². The van der Waals surface area contributed by atoms with Crippen molar-refractivity contribution in [3.63, 3.8) is 0 Å². The van der Waals surface area contributed by atoms with E-state index in [2.05, 4.69) is 10.4 Å². The van der Waals surface area contributed by atoms with Crippen molar-refractivity contribution in [3.05, 3.63) is 63.9 Å². The van der Waals surface area contributed by atoms with Gasteiger partial charge in [-0.05, 0) is 57.4 Å². The van der Waals surface area contributed by atoms with E-state index in [9.17, 15) is 10.0 Å². The van der Waals surface area contributed by atoms with Crippen molar-refractivity contribution in [3.8, 4) is 22.2 Å². The molecule has 1 aromatic carbocycles. The Morgan fingerprint density at radius 3 is 2.85 bits per heavy atom. The predicted molar refractivity (Wildman–Crippen MR) is 126 cm³/mol. The number of nitrogens with one attached hydrogen (secondary N) is 1. The average molecular weight is 469 g/mol. The van der Waals surface area contributed by atoms with Gasteiger partial charge in [0, 0.05) is 18.7 Å². The highest BCUT2D eigenvalue weighted by Gasteiger charge is 2.29. The maximum absolute atomic E-state index is 13.3. The predicted octanol–water partition coefficient (Wildman–Crippen LogP) is 4.03. The summed E-state index contributed by atoms with van der Waals surface area (Å²) in [5.74, 6) is 1.23. The van der Waals surface area contributed by atoms with Crippen LogP contribution in [0.25, 0.3) is 10.7 Å². The van der Waals surface area contributed by atoms with Gasteiger partial charge in [0.25, 0.3) is 11.6 Å². The van der Waals surface area contributed by atoms with E-state index in [1.807, 2.05) is 32.0 Å². The first kappa shape index (κ1) is 23.0. The first-order valence-electron chi connectivity index (χ1n) is 11.0. The number of hydrogen-bond donors (Lipinski definition) is 1. The second-order valence-corrected chi connectivity index (χ2v) is 9.20. The van der Waals surface area contributed by atoms with Crippen LogP contribution in [-0.2, 0) is 0 Å². The number of aromatic nitrogens is 2. The van der Waals surface area contributed by atoms with Crippen LogP contribution in [0, 0.1) is 12.1 Å². The number of thiazole rings is 1. The van der Waals surface area contributed by atoms with Crippen LogP contribution in [-0.4, -0.2) is 35.7 Å². The highest BCUT2D eigenvalue weighted by atomic mass is 32.1. The fraction of sp³-hybridized carbons (Fsp3) is 0.375. The maximum atomic E-state index is 13.3. The third kappa shape index (κ3) is 4.94. The number of carbonyl (C=O) groups excluding carboxylic acids is 1. The summed E-state index contributed by atoms with van der Waals surface area (Å²) in [6.45, 7) is 6.34. The number of hydrogen-bond acceptors (Lipinski definition) is 7. The number of ether oxygens (including phenoxy) is 2. The van der Waals surface area contributed by atoms with Gasteiger partial charge >= 0.3 is 0 Å². The van der Waals surface area contributed by atoms with Crippen molar-refractivity contribution in [1.29, 1.82) is 0 Å². The Kier molecular flexibility index (Phi) is 6.80. The molecule has 1 saturated heterocycles. The fourth-order valence-electron chi connectivity index (χ4n) is 3.85. The van der Waals surface area contributed by atoms with E-state index in [1.54, 1.807) is 37.2 Å². The second kappa shape index (κ2) is 9.76. The molecular formula is C24H28N4O4S. The second-order valence-electron chi connectivity index (χ2n) is 8.20. The highest BCUT2D eigenvalue weighted by molar-refractivity contribution is 7.17. The summed E-state index contributed by atoms with van der Waals surface area (Å²) in [5.41, 5.74) is 5.45. The Balaban J connectivity index is 1.55. The molecule has 4 rings (SSSR count). The number of methoxy groups -OCH3 is 1. The minimum absolute atomic E-state index is 0.0208. The third-order valence-electron chi connectivity index (χ3n) is 5.42. The van der Waals surface area contributed by atoms with Crippen LogP contribution >= 0.6 is 11.3 Å². The number of carbonyl (C=O) groups is 1. The van der Waals surface area contributed by atoms with E-state index in [4.69, 9.17) is 9.47 Å². The molecule has 8 nitrogen and oxygen atoms in total. The van der Waals surface area contributed by atoms with Crippen molar-refractivity contribution >= 4 is 17.2 Å². The maximum Gasteiger partial charge on any atom is 0.279 e. The molecule has 174 valence electrons. The van der Waals surface area contributed by atoms with Crippen LogP contribution in [0.3, 0.4) is 0 Å². The highest BCUT2D eigenvalue weighted by Crippen LogP contribution is 2.34. The molecule has 0 bridgehead atoms. The van der Waals surface area contributed by atoms with Crippen molar-refractivity contribution in [2.24, 2.45) is 0 Å². The van der Waals surface area contributed by atoms with Crippen LogP contribution in [0.4, 0.5) is 0 Å². The molecule has 1 atom stereocenters. The molecule has 2 aromatic heterocycles. The number of amides is 1. The monoisotopic (exact) mass is 468 g/mol. The Bertz CT molecular complexity index is 1150. The average Bonchev–Trinajstić information content (AvgIpc) is 3.19. The number of hydrazine groups is 1. The molecule has 0 saturated carbocycles. The number of rotatable bonds is 6. The Morgan fingerprint density at radius 2 is 2.12 bits per heavy atom. The lowest BCUT2D eigenvalue weighted by molar-refractivity contribution is -0.593. The summed E-state index contributed by atoms with van der Waals surface area (Å²) in [4.78, 5) is 18.4. The molecule has 0 aliphatic carbocycles. The molecule has 1 amide bonds. The Hall–Kier alpha value is -3.17. The smallest absolute Gasteiger partial charge is 0.279 e. The van der Waals surface area contributed by atoms with Gasteiger partial charge in [-0.3, -0.25) is 9.80 Å². The molecule has 1 aliphatic heterocycles. The Labute approximate surface area is 197 Å². The molecule has 3 aromatic rings. The van der Waals surface area contributed by atoms with Gasteiger partial charge in [0.2, 0.25) is 0 Å². The summed E-state index contributed by atoms with van der Waals surface area (Å²) in [5, 5.41) is 14.3. The quantitative estimate of drug-likeness (QED) is 0.434. The zero-order valence-electron chi connectivity index (χ0n) is 19.2. The zero-order chi connectivity index (χ0) is 23.5. The number of nitrogens with zero attached hydrogens (tertiary/aromatic N) is 3. The molecule has 33 heavy (non-hydrogen) atoms. The molecule has 0 spiro atoms. The molecule has 1 fully saturated rings. The summed E-state index contributed by atoms with van der Waals surface area (Å²) < 4.78 is 12.1. The van der Waals surface area contributed by atoms with Crippen molar-refractivity contribution in [2.75, 3.05) is 13.7 Å². The molecule has 1 aliphatic rings. The van der Waals surface area contributed by atoms with Crippen molar-refractivity contribution in [2.45, 2.75) is 45.8 Å². The van der Waals surface area contributed by atoms with Crippen LogP contribution in [0.5, 0.6) is 11.5 Å². The summed E-state index contributed by atoms with van der Waals surface area (Å²) in [6, 6.07) is 11.0. The van der Waals surface area contributed by atoms with Gasteiger partial charge in [-0.15, -0.1) is 11.3 Å². The van der Waals surface area contributed by atoms with Crippen molar-refractivity contribution in [1.82, 2.24) is 15.4 Å². The van der Waals surface area contributed by atoms with Gasteiger partial charge in [-0.1, -0.05) is 6.07 Å². The van der Waals surface area contributed by atoms with E-state index in [1.165, 1.54) is 17.5 Å². The lowest BCUT2D eigenvalue weighted by Crippen LogP contribution is -2.48. The van der Waals surface area contributed by atoms with E-state index < -0.39 is 0 Å². The number of aryl methyl sites for hydroxylation is 1. The van der Waals surface area contributed by atoms with Gasteiger partial charge < -0.3 is 14.7 Å². The zero-order valence-corrected chi connectivity index (χ0v) is 20.0. The largest absolute Gasteiger partial charge is 0.618 e. The van der Waals surface area contributed by atoms with Gasteiger partial charge in [0.1, 0.15) is 4.88 Å². The van der Waals surface area contributed by atoms with Crippen molar-refractivity contribution < 1.29 is 19.0 Å². The van der Waals surface area contributed by atoms with Crippen LogP contribution in [0.2, 0.25) is 0 Å². The van der Waals surface area contributed by atoms with E-state index >= 15 is 0 Å². The minimum atomic E-state index is -0.138. The third-order valence-corrected chi connectivity index (χ3v) is 6.59. The number of benzene rings is 1. The molecule has 9 heteroatoms. The molecule has 0 radical (unpaired) electrons. The minimum Gasteiger partial charge on any atom is -0.618 e. The lowest BCUT2D eigenvalue weighted by Gasteiger charge is -2.34. The van der Waals surface area contributed by atoms with Crippen LogP contribution in [0.15, 0.2) is 42.6 Å². The normalized spacial score (nSPS) is 16.2. The first-order chi connectivity index (χ1) is 15.9. The summed E-state index contributed by atoms with van der Waals surface area (Å²) >= 11 is 1.24. The topological polar surface area (TPSA) is 90.6 Å². The first-order valence-corrected chi connectivity index (χ1v) is 11.8. The molecule has 1 N–H and O–H groups in total. The SMILES string of the molecule is COc1ccc(C2CCCN(C(=O)c3sc(-c4cccc[n+]4[O-])nc3C)N2)cc1OC(C)C. The fourth-order valence-corrected chi connectivity index (χ4v) is 4.88. The van der Waals surface area contributed by atoms with Crippen LogP contribution in [0.1, 0.15) is 53.7 Å². The van der Waals surface area contributed by atoms with E-state index in [-0.39, 0.29) is 18.1 Å². The molecule has 1 unspecified atom stereocenters. The standard InChI is InChI=1S/C24H28N4O4S/c1-15(2)32-21-14-17(10-11-20(21)31-4)18-8-7-12-27(26-18)24(29)22-16(3)25-23(33-22)19-9-5-6-13-28(19)30/h5-6,9-11,13-15,18,26H,7-8,12H2,1-4H3. The van der Waals surface area contributed by atoms with Crippen LogP contribution < -0.4 is 19.6 Å². The number of pyridine rings is 1. The lowest BCUT2D eigenvalue weighted by atomic mass is 10.00. The van der Waals surface area contributed by atoms with Gasteiger partial charge in [-0.2, -0.15) is 4.73 Å². The van der Waals surface area contributed by atoms with Gasteiger partial charge in [-0.25, -0.2) is 10.4 Å². The van der Waals surface area contributed by atoms with E-state index in [0.717, 1.165) is 23.1 Å². The summed E-state index contributed by atoms with van der Waals surface area (Å²) in [6.07, 6.45) is 3.20.